The van der Waals surface area contributed by atoms with Gasteiger partial charge >= 0.3 is 0 Å². The molecule has 0 saturated carbocycles. The molecule has 0 aliphatic rings. The standard InChI is InChI=1S/C14H17ClN2/c1-2-3-4-11-5-7-12(8-6-11)14(15)13-9-16-17-10-13/h5-10,14H,2-4H2,1H3,(H,16,17). The Kier molecular flexibility index (Phi) is 4.21. The largest absolute Gasteiger partial charge is 0.285 e. The van der Waals surface area contributed by atoms with Gasteiger partial charge in [-0.25, -0.2) is 0 Å². The van der Waals surface area contributed by atoms with Gasteiger partial charge in [0.15, 0.2) is 0 Å². The number of aromatic nitrogens is 2. The van der Waals surface area contributed by atoms with E-state index in [1.165, 1.54) is 18.4 Å². The van der Waals surface area contributed by atoms with Gasteiger partial charge in [-0.3, -0.25) is 5.10 Å². The number of aryl methyl sites for hydroxylation is 1. The zero-order chi connectivity index (χ0) is 12.1. The normalized spacial score (nSPS) is 12.6. The molecule has 17 heavy (non-hydrogen) atoms. The van der Waals surface area contributed by atoms with E-state index in [-0.39, 0.29) is 5.38 Å². The molecule has 0 aliphatic heterocycles. The van der Waals surface area contributed by atoms with E-state index in [0.29, 0.717) is 0 Å². The molecule has 0 aliphatic carbocycles. The number of benzene rings is 1. The van der Waals surface area contributed by atoms with Crippen LogP contribution in [-0.2, 0) is 6.42 Å². The molecule has 0 radical (unpaired) electrons. The van der Waals surface area contributed by atoms with Crippen LogP contribution in [0.5, 0.6) is 0 Å². The first-order chi connectivity index (χ1) is 8.31. The Morgan fingerprint density at radius 1 is 1.24 bits per heavy atom. The minimum absolute atomic E-state index is 0.117. The Labute approximate surface area is 107 Å². The van der Waals surface area contributed by atoms with E-state index in [1.54, 1.807) is 6.20 Å². The smallest absolute Gasteiger partial charge is 0.0865 e. The molecule has 0 bridgehead atoms. The lowest BCUT2D eigenvalue weighted by Crippen LogP contribution is -1.92. The van der Waals surface area contributed by atoms with E-state index in [1.807, 2.05) is 6.20 Å². The highest BCUT2D eigenvalue weighted by atomic mass is 35.5. The number of nitrogens with zero attached hydrogens (tertiary/aromatic N) is 1. The van der Waals surface area contributed by atoms with Crippen molar-refractivity contribution in [3.05, 3.63) is 53.3 Å². The van der Waals surface area contributed by atoms with E-state index in [9.17, 15) is 0 Å². The lowest BCUT2D eigenvalue weighted by atomic mass is 10.0. The first-order valence-electron chi connectivity index (χ1n) is 6.03. The second-order valence-corrected chi connectivity index (χ2v) is 4.68. The number of aromatic amines is 1. The van der Waals surface area contributed by atoms with Gasteiger partial charge in [-0.15, -0.1) is 11.6 Å². The van der Waals surface area contributed by atoms with Gasteiger partial charge in [-0.1, -0.05) is 37.6 Å². The third kappa shape index (κ3) is 3.10. The van der Waals surface area contributed by atoms with E-state index in [2.05, 4.69) is 41.4 Å². The summed E-state index contributed by atoms with van der Waals surface area (Å²) in [5.74, 6) is 0. The van der Waals surface area contributed by atoms with Gasteiger partial charge in [0, 0.05) is 11.8 Å². The fourth-order valence-electron chi connectivity index (χ4n) is 1.83. The van der Waals surface area contributed by atoms with Crippen LogP contribution in [0, 0.1) is 0 Å². The number of rotatable bonds is 5. The number of unbranched alkanes of at least 4 members (excludes halogenated alkanes) is 1. The van der Waals surface area contributed by atoms with Gasteiger partial charge < -0.3 is 0 Å². The molecule has 2 rings (SSSR count). The quantitative estimate of drug-likeness (QED) is 0.794. The number of H-pyrrole nitrogens is 1. The first kappa shape index (κ1) is 12.2. The van der Waals surface area contributed by atoms with Crippen LogP contribution in [0.3, 0.4) is 0 Å². The summed E-state index contributed by atoms with van der Waals surface area (Å²) < 4.78 is 0. The second kappa shape index (κ2) is 5.87. The number of hydrogen-bond donors (Lipinski definition) is 1. The predicted molar refractivity (Wildman–Crippen MR) is 71.3 cm³/mol. The van der Waals surface area contributed by atoms with Crippen molar-refractivity contribution in [3.8, 4) is 0 Å². The van der Waals surface area contributed by atoms with Crippen molar-refractivity contribution in [2.24, 2.45) is 0 Å². The van der Waals surface area contributed by atoms with Crippen molar-refractivity contribution in [3.63, 3.8) is 0 Å². The van der Waals surface area contributed by atoms with Crippen molar-refractivity contribution in [1.82, 2.24) is 10.2 Å². The van der Waals surface area contributed by atoms with Crippen LogP contribution in [0.2, 0.25) is 0 Å². The van der Waals surface area contributed by atoms with Crippen molar-refractivity contribution in [2.45, 2.75) is 31.6 Å². The average Bonchev–Trinajstić information content (AvgIpc) is 2.90. The van der Waals surface area contributed by atoms with Crippen LogP contribution in [0.15, 0.2) is 36.7 Å². The fraction of sp³-hybridized carbons (Fsp3) is 0.357. The number of halogens is 1. The summed E-state index contributed by atoms with van der Waals surface area (Å²) in [5.41, 5.74) is 3.51. The topological polar surface area (TPSA) is 28.7 Å². The Balaban J connectivity index is 2.07. The Morgan fingerprint density at radius 2 is 2.00 bits per heavy atom. The molecule has 0 spiro atoms. The van der Waals surface area contributed by atoms with E-state index in [4.69, 9.17) is 11.6 Å². The zero-order valence-corrected chi connectivity index (χ0v) is 10.7. The van der Waals surface area contributed by atoms with Gasteiger partial charge in [0.1, 0.15) is 0 Å². The third-order valence-corrected chi connectivity index (χ3v) is 3.41. The summed E-state index contributed by atoms with van der Waals surface area (Å²) in [6.07, 6.45) is 7.22. The maximum absolute atomic E-state index is 6.37. The fourth-order valence-corrected chi connectivity index (χ4v) is 2.09. The van der Waals surface area contributed by atoms with Gasteiger partial charge in [0.25, 0.3) is 0 Å². The summed E-state index contributed by atoms with van der Waals surface area (Å²) in [7, 11) is 0. The maximum Gasteiger partial charge on any atom is 0.0865 e. The summed E-state index contributed by atoms with van der Waals surface area (Å²) in [6, 6.07) is 8.55. The van der Waals surface area contributed by atoms with Crippen molar-refractivity contribution in [2.75, 3.05) is 0 Å². The molecule has 1 aromatic heterocycles. The number of alkyl halides is 1. The molecule has 0 amide bonds. The van der Waals surface area contributed by atoms with Gasteiger partial charge in [-0.2, -0.15) is 5.10 Å². The molecular weight excluding hydrogens is 232 g/mol. The van der Waals surface area contributed by atoms with Crippen LogP contribution in [0.4, 0.5) is 0 Å². The van der Waals surface area contributed by atoms with E-state index >= 15 is 0 Å². The van der Waals surface area contributed by atoms with Crippen LogP contribution in [-0.4, -0.2) is 10.2 Å². The lowest BCUT2D eigenvalue weighted by molar-refractivity contribution is 0.794. The molecule has 1 atom stereocenters. The molecule has 90 valence electrons. The minimum Gasteiger partial charge on any atom is -0.285 e. The molecular formula is C14H17ClN2. The van der Waals surface area contributed by atoms with Crippen molar-refractivity contribution < 1.29 is 0 Å². The first-order valence-corrected chi connectivity index (χ1v) is 6.46. The van der Waals surface area contributed by atoms with Crippen LogP contribution >= 0.6 is 11.6 Å². The van der Waals surface area contributed by atoms with Crippen molar-refractivity contribution in [1.29, 1.82) is 0 Å². The molecule has 1 N–H and O–H groups in total. The minimum atomic E-state index is -0.117. The Morgan fingerprint density at radius 3 is 2.59 bits per heavy atom. The summed E-state index contributed by atoms with van der Waals surface area (Å²) in [4.78, 5) is 0. The molecule has 3 heteroatoms. The van der Waals surface area contributed by atoms with Gasteiger partial charge in [0.05, 0.1) is 11.6 Å². The van der Waals surface area contributed by atoms with E-state index in [0.717, 1.165) is 17.5 Å². The molecule has 1 heterocycles. The summed E-state index contributed by atoms with van der Waals surface area (Å²) in [5, 5.41) is 6.59. The molecule has 0 fully saturated rings. The maximum atomic E-state index is 6.37. The monoisotopic (exact) mass is 248 g/mol. The SMILES string of the molecule is CCCCc1ccc(C(Cl)c2cn[nH]c2)cc1. The highest BCUT2D eigenvalue weighted by Gasteiger charge is 2.11. The predicted octanol–water partition coefficient (Wildman–Crippen LogP) is 4.08. The third-order valence-electron chi connectivity index (χ3n) is 2.90. The van der Waals surface area contributed by atoms with Crippen LogP contribution < -0.4 is 0 Å². The molecule has 1 aromatic carbocycles. The average molecular weight is 249 g/mol. The molecule has 0 saturated heterocycles. The van der Waals surface area contributed by atoms with Gasteiger partial charge in [0.2, 0.25) is 0 Å². The summed E-state index contributed by atoms with van der Waals surface area (Å²) in [6.45, 7) is 2.21. The second-order valence-electron chi connectivity index (χ2n) is 4.24. The summed E-state index contributed by atoms with van der Waals surface area (Å²) >= 11 is 6.37. The zero-order valence-electron chi connectivity index (χ0n) is 9.99. The number of hydrogen-bond acceptors (Lipinski definition) is 1. The molecule has 2 nitrogen and oxygen atoms in total. The van der Waals surface area contributed by atoms with Crippen molar-refractivity contribution >= 4 is 11.6 Å². The van der Waals surface area contributed by atoms with E-state index < -0.39 is 0 Å². The lowest BCUT2D eigenvalue weighted by Gasteiger charge is -2.08. The Hall–Kier alpha value is -1.28. The number of nitrogens with one attached hydrogen (secondary N) is 1. The molecule has 2 aromatic rings. The molecule has 1 unspecified atom stereocenters. The highest BCUT2D eigenvalue weighted by Crippen LogP contribution is 2.28. The van der Waals surface area contributed by atoms with Gasteiger partial charge in [-0.05, 0) is 24.0 Å². The highest BCUT2D eigenvalue weighted by molar-refractivity contribution is 6.22. The van der Waals surface area contributed by atoms with Crippen LogP contribution in [0.1, 0.15) is 41.8 Å². The van der Waals surface area contributed by atoms with Crippen LogP contribution in [0.25, 0.3) is 0 Å². The Bertz CT molecular complexity index is 434.